The van der Waals surface area contributed by atoms with Crippen LogP contribution >= 0.6 is 0 Å². The number of benzene rings is 2. The van der Waals surface area contributed by atoms with E-state index in [1.165, 1.54) is 17.7 Å². The van der Waals surface area contributed by atoms with Gasteiger partial charge in [0.15, 0.2) is 0 Å². The lowest BCUT2D eigenvalue weighted by Crippen LogP contribution is -2.21. The van der Waals surface area contributed by atoms with Crippen LogP contribution in [0.1, 0.15) is 18.9 Å². The van der Waals surface area contributed by atoms with Crippen molar-refractivity contribution in [1.29, 1.82) is 0 Å². The van der Waals surface area contributed by atoms with E-state index in [9.17, 15) is 8.78 Å². The Morgan fingerprint density at radius 2 is 1.74 bits per heavy atom. The molecule has 0 saturated carbocycles. The van der Waals surface area contributed by atoms with Crippen LogP contribution in [-0.4, -0.2) is 6.04 Å². The topological polar surface area (TPSA) is 12.0 Å². The largest absolute Gasteiger partial charge is 0.382 e. The molecule has 0 spiro atoms. The normalized spacial score (nSPS) is 17.7. The molecule has 0 radical (unpaired) electrons. The van der Waals surface area contributed by atoms with E-state index >= 15 is 0 Å². The summed E-state index contributed by atoms with van der Waals surface area (Å²) in [7, 11) is 0. The lowest BCUT2D eigenvalue weighted by atomic mass is 9.95. The van der Waals surface area contributed by atoms with E-state index in [4.69, 9.17) is 0 Å². The molecule has 3 rings (SSSR count). The monoisotopic (exact) mass is 259 g/mol. The summed E-state index contributed by atoms with van der Waals surface area (Å²) in [4.78, 5) is 0. The molecule has 0 aliphatic carbocycles. The average Bonchev–Trinajstić information content (AvgIpc) is 2.37. The number of rotatable bonds is 1. The van der Waals surface area contributed by atoms with Gasteiger partial charge in [-0.05, 0) is 60.7 Å². The second kappa shape index (κ2) is 4.65. The summed E-state index contributed by atoms with van der Waals surface area (Å²) in [5.41, 5.74) is 3.77. The number of hydrogen-bond donors (Lipinski definition) is 1. The molecule has 1 aliphatic heterocycles. The third kappa shape index (κ3) is 2.46. The second-order valence-electron chi connectivity index (χ2n) is 5.11. The first kappa shape index (κ1) is 12.2. The molecule has 1 unspecified atom stereocenters. The quantitative estimate of drug-likeness (QED) is 0.801. The maximum Gasteiger partial charge on any atom is 0.126 e. The fourth-order valence-electron chi connectivity index (χ4n) is 2.55. The minimum absolute atomic E-state index is 0.477. The van der Waals surface area contributed by atoms with Gasteiger partial charge >= 0.3 is 0 Å². The Morgan fingerprint density at radius 3 is 2.47 bits per heavy atom. The molecule has 1 N–H and O–H groups in total. The van der Waals surface area contributed by atoms with Crippen LogP contribution in [0.3, 0.4) is 0 Å². The van der Waals surface area contributed by atoms with Gasteiger partial charge in [-0.3, -0.25) is 0 Å². The van der Waals surface area contributed by atoms with Gasteiger partial charge in [-0.2, -0.15) is 0 Å². The third-order valence-corrected chi connectivity index (χ3v) is 3.55. The van der Waals surface area contributed by atoms with Crippen molar-refractivity contribution >= 4 is 5.69 Å². The number of aryl methyl sites for hydroxylation is 1. The Morgan fingerprint density at radius 1 is 1.00 bits per heavy atom. The highest BCUT2D eigenvalue weighted by atomic mass is 19.1. The molecule has 1 heterocycles. The number of nitrogens with one attached hydrogen (secondary N) is 1. The van der Waals surface area contributed by atoms with Crippen molar-refractivity contribution in [3.05, 3.63) is 53.6 Å². The van der Waals surface area contributed by atoms with E-state index in [0.29, 0.717) is 11.6 Å². The predicted molar refractivity (Wildman–Crippen MR) is 73.2 cm³/mol. The average molecular weight is 259 g/mol. The van der Waals surface area contributed by atoms with Gasteiger partial charge in [-0.15, -0.1) is 0 Å². The Kier molecular flexibility index (Phi) is 2.97. The molecule has 0 aromatic heterocycles. The van der Waals surface area contributed by atoms with Gasteiger partial charge in [-0.25, -0.2) is 8.78 Å². The molecular weight excluding hydrogens is 244 g/mol. The summed E-state index contributed by atoms with van der Waals surface area (Å²) in [6.07, 6.45) is 2.07. The molecule has 98 valence electrons. The smallest absolute Gasteiger partial charge is 0.126 e. The fraction of sp³-hybridized carbons (Fsp3) is 0.250. The summed E-state index contributed by atoms with van der Waals surface area (Å²) >= 11 is 0. The zero-order chi connectivity index (χ0) is 13.4. The molecule has 1 atom stereocenters. The van der Waals surface area contributed by atoms with Crippen LogP contribution in [0.4, 0.5) is 14.5 Å². The van der Waals surface area contributed by atoms with E-state index in [0.717, 1.165) is 30.2 Å². The Balaban J connectivity index is 2.02. The first-order valence-electron chi connectivity index (χ1n) is 6.48. The molecule has 1 nitrogen and oxygen atoms in total. The minimum atomic E-state index is -0.542. The van der Waals surface area contributed by atoms with Gasteiger partial charge in [0.05, 0.1) is 0 Å². The van der Waals surface area contributed by atoms with Crippen LogP contribution < -0.4 is 5.32 Å². The molecule has 1 aliphatic rings. The fourth-order valence-corrected chi connectivity index (χ4v) is 2.55. The highest BCUT2D eigenvalue weighted by molar-refractivity contribution is 5.69. The van der Waals surface area contributed by atoms with Crippen LogP contribution in [0.2, 0.25) is 0 Å². The Bertz CT molecular complexity index is 602. The second-order valence-corrected chi connectivity index (χ2v) is 5.11. The van der Waals surface area contributed by atoms with Crippen LogP contribution in [0.15, 0.2) is 36.4 Å². The minimum Gasteiger partial charge on any atom is -0.382 e. The van der Waals surface area contributed by atoms with Gasteiger partial charge in [0.2, 0.25) is 0 Å². The van der Waals surface area contributed by atoms with E-state index < -0.39 is 11.6 Å². The third-order valence-electron chi connectivity index (χ3n) is 3.55. The van der Waals surface area contributed by atoms with Crippen LogP contribution in [0.5, 0.6) is 0 Å². The van der Waals surface area contributed by atoms with Crippen molar-refractivity contribution in [1.82, 2.24) is 0 Å². The predicted octanol–water partition coefficient (Wildman–Crippen LogP) is 4.38. The molecule has 2 aromatic rings. The zero-order valence-corrected chi connectivity index (χ0v) is 10.7. The molecule has 2 aromatic carbocycles. The Hall–Kier alpha value is -1.90. The summed E-state index contributed by atoms with van der Waals surface area (Å²) in [5.74, 6) is -1.08. The number of anilines is 1. The van der Waals surface area contributed by atoms with Crippen molar-refractivity contribution in [2.75, 3.05) is 5.32 Å². The first-order chi connectivity index (χ1) is 9.11. The van der Waals surface area contributed by atoms with Gasteiger partial charge in [0, 0.05) is 17.8 Å². The van der Waals surface area contributed by atoms with E-state index in [1.807, 2.05) is 18.2 Å². The highest BCUT2D eigenvalue weighted by Crippen LogP contribution is 2.30. The standard InChI is InChI=1S/C16H15F2N/c1-10-2-3-12-6-11(4-5-16(12)19-10)13-7-14(17)9-15(18)8-13/h4-10,19H,2-3H2,1H3. The van der Waals surface area contributed by atoms with Crippen molar-refractivity contribution in [3.63, 3.8) is 0 Å². The van der Waals surface area contributed by atoms with Crippen molar-refractivity contribution in [3.8, 4) is 11.1 Å². The number of fused-ring (bicyclic) bond motifs is 1. The molecule has 19 heavy (non-hydrogen) atoms. The van der Waals surface area contributed by atoms with Crippen molar-refractivity contribution < 1.29 is 8.78 Å². The zero-order valence-electron chi connectivity index (χ0n) is 10.7. The molecule has 0 amide bonds. The van der Waals surface area contributed by atoms with E-state index in [1.54, 1.807) is 0 Å². The maximum atomic E-state index is 13.3. The molecule has 3 heteroatoms. The summed E-state index contributed by atoms with van der Waals surface area (Å²) in [5, 5.41) is 3.41. The lowest BCUT2D eigenvalue weighted by Gasteiger charge is -2.24. The number of hydrogen-bond acceptors (Lipinski definition) is 1. The van der Waals surface area contributed by atoms with Crippen molar-refractivity contribution in [2.45, 2.75) is 25.8 Å². The summed E-state index contributed by atoms with van der Waals surface area (Å²) in [6, 6.07) is 10.0. The van der Waals surface area contributed by atoms with Crippen LogP contribution in [-0.2, 0) is 6.42 Å². The molecule has 0 fully saturated rings. The van der Waals surface area contributed by atoms with Gasteiger partial charge in [0.25, 0.3) is 0 Å². The van der Waals surface area contributed by atoms with Gasteiger partial charge < -0.3 is 5.32 Å². The highest BCUT2D eigenvalue weighted by Gasteiger charge is 2.14. The van der Waals surface area contributed by atoms with E-state index in [2.05, 4.69) is 12.2 Å². The molecule has 0 bridgehead atoms. The SMILES string of the molecule is CC1CCc2cc(-c3cc(F)cc(F)c3)ccc2N1. The first-order valence-corrected chi connectivity index (χ1v) is 6.48. The van der Waals surface area contributed by atoms with Crippen LogP contribution in [0.25, 0.3) is 11.1 Å². The summed E-state index contributed by atoms with van der Waals surface area (Å²) < 4.78 is 26.5. The maximum absolute atomic E-state index is 13.3. The van der Waals surface area contributed by atoms with Crippen LogP contribution in [0, 0.1) is 11.6 Å². The Labute approximate surface area is 111 Å². The molecule has 0 saturated heterocycles. The van der Waals surface area contributed by atoms with Gasteiger partial charge in [-0.1, -0.05) is 6.07 Å². The summed E-state index contributed by atoms with van der Waals surface area (Å²) in [6.45, 7) is 2.15. The van der Waals surface area contributed by atoms with E-state index in [-0.39, 0.29) is 0 Å². The van der Waals surface area contributed by atoms with Gasteiger partial charge in [0.1, 0.15) is 11.6 Å². The molecular formula is C16H15F2N. The lowest BCUT2D eigenvalue weighted by molar-refractivity contribution is 0.584. The van der Waals surface area contributed by atoms with Crippen molar-refractivity contribution in [2.24, 2.45) is 0 Å². The number of halogens is 2.